The predicted molar refractivity (Wildman–Crippen MR) is 144 cm³/mol. The number of carbonyl (C=O) groups excluding carboxylic acids is 1. The summed E-state index contributed by atoms with van der Waals surface area (Å²) in [7, 11) is 1.72. The van der Waals surface area contributed by atoms with E-state index >= 15 is 0 Å². The Bertz CT molecular complexity index is 1250. The van der Waals surface area contributed by atoms with Gasteiger partial charge in [0.05, 0.1) is 24.1 Å². The Morgan fingerprint density at radius 1 is 1.14 bits per heavy atom. The molecule has 1 fully saturated rings. The zero-order chi connectivity index (χ0) is 23.8. The van der Waals surface area contributed by atoms with Crippen molar-refractivity contribution in [2.24, 2.45) is 0 Å². The molecule has 2 aromatic carbocycles. The summed E-state index contributed by atoms with van der Waals surface area (Å²) in [5, 5.41) is 7.99. The topological polar surface area (TPSA) is 66.5 Å². The van der Waals surface area contributed by atoms with Crippen LogP contribution >= 0.6 is 23.5 Å². The van der Waals surface area contributed by atoms with Crippen molar-refractivity contribution in [2.75, 3.05) is 37.0 Å². The maximum absolute atomic E-state index is 11.7. The molecular weight excluding hydrogens is 476 g/mol. The van der Waals surface area contributed by atoms with Gasteiger partial charge in [0.1, 0.15) is 5.75 Å². The van der Waals surface area contributed by atoms with Crippen molar-refractivity contribution < 1.29 is 9.53 Å². The summed E-state index contributed by atoms with van der Waals surface area (Å²) in [6.07, 6.45) is 5.45. The molecule has 8 heteroatoms. The van der Waals surface area contributed by atoms with Crippen molar-refractivity contribution in [3.05, 3.63) is 53.7 Å². The number of pyridine rings is 1. The number of hydrogen-bond donors (Lipinski definition) is 2. The smallest absolute Gasteiger partial charge is 0.234 e. The number of piperidine rings is 1. The maximum atomic E-state index is 11.7. The molecule has 182 valence electrons. The lowest BCUT2D eigenvalue weighted by molar-refractivity contribution is -0.113. The van der Waals surface area contributed by atoms with Gasteiger partial charge in [0.15, 0.2) is 0 Å². The van der Waals surface area contributed by atoms with E-state index in [4.69, 9.17) is 4.74 Å². The number of nitrogens with one attached hydrogen (secondary N) is 2. The Morgan fingerprint density at radius 2 is 2.03 bits per heavy atom. The van der Waals surface area contributed by atoms with E-state index in [1.807, 2.05) is 24.0 Å². The summed E-state index contributed by atoms with van der Waals surface area (Å²) in [4.78, 5) is 21.5. The van der Waals surface area contributed by atoms with E-state index in [1.165, 1.54) is 21.4 Å². The van der Waals surface area contributed by atoms with Crippen LogP contribution in [-0.4, -0.2) is 59.6 Å². The van der Waals surface area contributed by atoms with Crippen LogP contribution in [0, 0.1) is 0 Å². The molecule has 6 rings (SSSR count). The van der Waals surface area contributed by atoms with Gasteiger partial charge in [0.2, 0.25) is 5.91 Å². The zero-order valence-electron chi connectivity index (χ0n) is 19.9. The van der Waals surface area contributed by atoms with Crippen LogP contribution in [0.25, 0.3) is 10.9 Å². The van der Waals surface area contributed by atoms with E-state index in [0.29, 0.717) is 17.8 Å². The Hall–Kier alpha value is -2.26. The van der Waals surface area contributed by atoms with Gasteiger partial charge in [0, 0.05) is 45.8 Å². The summed E-state index contributed by atoms with van der Waals surface area (Å²) >= 11 is 3.56. The Morgan fingerprint density at radius 3 is 2.89 bits per heavy atom. The van der Waals surface area contributed by atoms with Crippen LogP contribution in [0.3, 0.4) is 0 Å². The fraction of sp³-hybridized carbons (Fsp3) is 0.407. The SMILES string of the molecule is COc1ccc2ncc3c(c2c1)CC(N1CCC(NCc2ccc4c(c2)NC(=O)CS4)CC1)CS3. The fourth-order valence-electron chi connectivity index (χ4n) is 5.36. The highest BCUT2D eigenvalue weighted by Crippen LogP contribution is 2.37. The first-order valence-corrected chi connectivity index (χ1v) is 14.2. The lowest BCUT2D eigenvalue weighted by Crippen LogP contribution is -2.48. The first kappa shape index (κ1) is 23.2. The number of likely N-dealkylation sites (tertiary alicyclic amines) is 1. The predicted octanol–water partition coefficient (Wildman–Crippen LogP) is 4.56. The molecule has 6 nitrogen and oxygen atoms in total. The van der Waals surface area contributed by atoms with Crippen molar-refractivity contribution in [3.8, 4) is 5.75 Å². The minimum atomic E-state index is 0.0897. The molecule has 0 radical (unpaired) electrons. The Balaban J connectivity index is 1.06. The Kier molecular flexibility index (Phi) is 6.62. The van der Waals surface area contributed by atoms with Gasteiger partial charge < -0.3 is 15.4 Å². The van der Waals surface area contributed by atoms with E-state index < -0.39 is 0 Å². The van der Waals surface area contributed by atoms with Crippen molar-refractivity contribution in [2.45, 2.75) is 47.7 Å². The zero-order valence-corrected chi connectivity index (χ0v) is 21.5. The molecule has 4 heterocycles. The van der Waals surface area contributed by atoms with Gasteiger partial charge in [0.25, 0.3) is 0 Å². The van der Waals surface area contributed by atoms with Crippen LogP contribution in [0.4, 0.5) is 5.69 Å². The van der Waals surface area contributed by atoms with Crippen LogP contribution in [0.5, 0.6) is 5.75 Å². The van der Waals surface area contributed by atoms with Gasteiger partial charge in [-0.15, -0.1) is 23.5 Å². The van der Waals surface area contributed by atoms with Crippen LogP contribution in [0.2, 0.25) is 0 Å². The van der Waals surface area contributed by atoms with Crippen molar-refractivity contribution in [1.29, 1.82) is 0 Å². The molecule has 1 saturated heterocycles. The van der Waals surface area contributed by atoms with Gasteiger partial charge in [-0.1, -0.05) is 6.07 Å². The monoisotopic (exact) mass is 506 g/mol. The molecule has 1 atom stereocenters. The highest BCUT2D eigenvalue weighted by atomic mass is 32.2. The standard InChI is InChI=1S/C27H30N4O2S2/c1-33-20-3-4-23-21(12-20)22-11-19(15-34-26(22)14-29-23)31-8-6-18(7-9-31)28-13-17-2-5-25-24(10-17)30-27(32)16-35-25/h2-5,10,12,14,18-19,28H,6-9,11,13,15-16H2,1H3,(H,30,32). The average molecular weight is 507 g/mol. The number of aromatic nitrogens is 1. The molecular formula is C27H30N4O2S2. The first-order chi connectivity index (χ1) is 17.2. The molecule has 3 aromatic rings. The number of thioether (sulfide) groups is 2. The fourth-order valence-corrected chi connectivity index (χ4v) is 7.34. The summed E-state index contributed by atoms with van der Waals surface area (Å²) in [5.41, 5.74) is 4.66. The van der Waals surface area contributed by atoms with Gasteiger partial charge in [-0.2, -0.15) is 0 Å². The van der Waals surface area contributed by atoms with Crippen molar-refractivity contribution in [3.63, 3.8) is 0 Å². The molecule has 0 saturated carbocycles. The molecule has 1 aromatic heterocycles. The molecule has 0 bridgehead atoms. The van der Waals surface area contributed by atoms with Crippen molar-refractivity contribution in [1.82, 2.24) is 15.2 Å². The lowest BCUT2D eigenvalue weighted by Gasteiger charge is -2.40. The molecule has 0 spiro atoms. The largest absolute Gasteiger partial charge is 0.497 e. The van der Waals surface area contributed by atoms with Crippen LogP contribution < -0.4 is 15.4 Å². The highest BCUT2D eigenvalue weighted by Gasteiger charge is 2.29. The van der Waals surface area contributed by atoms with E-state index in [0.717, 1.165) is 66.5 Å². The second kappa shape index (κ2) is 10.0. The number of nitrogens with zero attached hydrogens (tertiary/aromatic N) is 2. The highest BCUT2D eigenvalue weighted by molar-refractivity contribution is 8.00. The van der Waals surface area contributed by atoms with Gasteiger partial charge in [-0.3, -0.25) is 14.7 Å². The third-order valence-corrected chi connectivity index (χ3v) is 9.62. The summed E-state index contributed by atoms with van der Waals surface area (Å²) in [6.45, 7) is 3.09. The van der Waals surface area contributed by atoms with E-state index in [-0.39, 0.29) is 5.91 Å². The van der Waals surface area contributed by atoms with Crippen molar-refractivity contribution >= 4 is 46.0 Å². The minimum absolute atomic E-state index is 0.0897. The molecule has 2 N–H and O–H groups in total. The van der Waals surface area contributed by atoms with Gasteiger partial charge in [-0.25, -0.2) is 0 Å². The maximum Gasteiger partial charge on any atom is 0.234 e. The van der Waals surface area contributed by atoms with E-state index in [2.05, 4.69) is 50.8 Å². The second-order valence-electron chi connectivity index (χ2n) is 9.51. The third-order valence-electron chi connectivity index (χ3n) is 7.34. The number of benzene rings is 2. The number of fused-ring (bicyclic) bond motifs is 4. The molecule has 1 amide bonds. The second-order valence-corrected chi connectivity index (χ2v) is 11.6. The number of anilines is 1. The normalized spacial score (nSPS) is 20.8. The number of ether oxygens (including phenoxy) is 1. The number of amides is 1. The lowest BCUT2D eigenvalue weighted by atomic mass is 9.97. The number of hydrogen-bond acceptors (Lipinski definition) is 7. The van der Waals surface area contributed by atoms with E-state index in [9.17, 15) is 4.79 Å². The van der Waals surface area contributed by atoms with Crippen LogP contribution in [0.15, 0.2) is 52.4 Å². The van der Waals surface area contributed by atoms with Crippen LogP contribution in [-0.2, 0) is 17.8 Å². The van der Waals surface area contributed by atoms with Gasteiger partial charge in [-0.05, 0) is 73.8 Å². The molecule has 0 aliphatic carbocycles. The third kappa shape index (κ3) is 4.89. The Labute approximate surface area is 214 Å². The molecule has 3 aliphatic rings. The molecule has 3 aliphatic heterocycles. The quantitative estimate of drug-likeness (QED) is 0.526. The van der Waals surface area contributed by atoms with E-state index in [1.54, 1.807) is 18.9 Å². The number of rotatable bonds is 5. The number of carbonyl (C=O) groups is 1. The number of methoxy groups -OCH3 is 1. The molecule has 1 unspecified atom stereocenters. The van der Waals surface area contributed by atoms with Crippen LogP contribution in [0.1, 0.15) is 24.0 Å². The van der Waals surface area contributed by atoms with Gasteiger partial charge >= 0.3 is 0 Å². The average Bonchev–Trinajstić information content (AvgIpc) is 2.91. The molecule has 35 heavy (non-hydrogen) atoms. The summed E-state index contributed by atoms with van der Waals surface area (Å²) in [6, 6.07) is 13.7. The summed E-state index contributed by atoms with van der Waals surface area (Å²) < 4.78 is 5.48. The first-order valence-electron chi connectivity index (χ1n) is 12.3. The minimum Gasteiger partial charge on any atom is -0.497 e. The summed E-state index contributed by atoms with van der Waals surface area (Å²) in [5.74, 6) is 2.62.